The van der Waals surface area contributed by atoms with E-state index in [2.05, 4.69) is 25.7 Å². The molecule has 2 aromatic carbocycles. The van der Waals surface area contributed by atoms with Gasteiger partial charge in [0, 0.05) is 21.5 Å². The molecular formula is C17H12BrClF2N2O2. The Morgan fingerprint density at radius 2 is 2.08 bits per heavy atom. The maximum Gasteiger partial charge on any atom is 0.387 e. The monoisotopic (exact) mass is 428 g/mol. The molecule has 0 saturated carbocycles. The van der Waals surface area contributed by atoms with Gasteiger partial charge in [0.25, 0.3) is 0 Å². The molecule has 1 aliphatic heterocycles. The number of imidazole rings is 1. The molecule has 8 heteroatoms. The van der Waals surface area contributed by atoms with Crippen molar-refractivity contribution in [3.63, 3.8) is 0 Å². The summed E-state index contributed by atoms with van der Waals surface area (Å²) in [4.78, 5) is 4.47. The van der Waals surface area contributed by atoms with Crippen LogP contribution in [0.2, 0.25) is 5.02 Å². The van der Waals surface area contributed by atoms with Crippen LogP contribution in [0.4, 0.5) is 8.78 Å². The fraction of sp³-hybridized carbons (Fsp3) is 0.235. The summed E-state index contributed by atoms with van der Waals surface area (Å²) in [7, 11) is 0. The van der Waals surface area contributed by atoms with Crippen molar-refractivity contribution in [2.75, 3.05) is 0 Å². The van der Waals surface area contributed by atoms with E-state index in [0.717, 1.165) is 15.5 Å². The molecule has 1 N–H and O–H groups in total. The molecule has 0 fully saturated rings. The van der Waals surface area contributed by atoms with Gasteiger partial charge in [0.2, 0.25) is 0 Å². The highest BCUT2D eigenvalue weighted by Gasteiger charge is 2.35. The molecule has 1 aliphatic rings. The Hall–Kier alpha value is -1.70. The van der Waals surface area contributed by atoms with Gasteiger partial charge in [0.15, 0.2) is 0 Å². The Kier molecular flexibility index (Phi) is 4.17. The summed E-state index contributed by atoms with van der Waals surface area (Å²) in [5.41, 5.74) is 2.01. The highest BCUT2D eigenvalue weighted by Crippen LogP contribution is 2.44. The minimum Gasteiger partial charge on any atom is -0.434 e. The summed E-state index contributed by atoms with van der Waals surface area (Å²) in [5.74, 6) is 0.544. The molecule has 0 unspecified atom stereocenters. The molecule has 25 heavy (non-hydrogen) atoms. The summed E-state index contributed by atoms with van der Waals surface area (Å²) >= 11 is 9.50. The lowest BCUT2D eigenvalue weighted by molar-refractivity contribution is -0.0507. The van der Waals surface area contributed by atoms with Crippen LogP contribution in [0.15, 0.2) is 40.9 Å². The van der Waals surface area contributed by atoms with Crippen LogP contribution < -0.4 is 4.74 Å². The molecule has 0 amide bonds. The van der Waals surface area contributed by atoms with Gasteiger partial charge in [0.1, 0.15) is 17.7 Å². The second-order valence-electron chi connectivity index (χ2n) is 5.80. The number of halogens is 4. The Bertz CT molecular complexity index is 963. The first-order valence-corrected chi connectivity index (χ1v) is 8.71. The summed E-state index contributed by atoms with van der Waals surface area (Å²) in [6, 6.07) is 9.68. The molecule has 0 spiro atoms. The van der Waals surface area contributed by atoms with Gasteiger partial charge in [-0.1, -0.05) is 27.5 Å². The minimum absolute atomic E-state index is 0.0429. The van der Waals surface area contributed by atoms with E-state index in [1.54, 1.807) is 6.07 Å². The second-order valence-corrected chi connectivity index (χ2v) is 7.15. The number of aromatic nitrogens is 2. The first-order chi connectivity index (χ1) is 11.9. The lowest BCUT2D eigenvalue weighted by atomic mass is 10.0. The van der Waals surface area contributed by atoms with E-state index >= 15 is 0 Å². The van der Waals surface area contributed by atoms with Crippen LogP contribution in [0.1, 0.15) is 30.0 Å². The molecule has 2 heterocycles. The van der Waals surface area contributed by atoms with E-state index in [1.807, 2.05) is 22.8 Å². The van der Waals surface area contributed by atoms with Gasteiger partial charge in [-0.05, 0) is 36.4 Å². The smallest absolute Gasteiger partial charge is 0.387 e. The molecule has 0 saturated heterocycles. The van der Waals surface area contributed by atoms with Crippen molar-refractivity contribution in [1.82, 2.24) is 9.55 Å². The average Bonchev–Trinajstić information content (AvgIpc) is 3.07. The van der Waals surface area contributed by atoms with Crippen molar-refractivity contribution < 1.29 is 18.6 Å². The van der Waals surface area contributed by atoms with Gasteiger partial charge in [0.05, 0.1) is 17.1 Å². The summed E-state index contributed by atoms with van der Waals surface area (Å²) in [6.45, 7) is -2.95. The lowest BCUT2D eigenvalue weighted by Gasteiger charge is -2.19. The third-order valence-corrected chi connectivity index (χ3v) is 5.01. The quantitative estimate of drug-likeness (QED) is 0.631. The van der Waals surface area contributed by atoms with Gasteiger partial charge in [-0.25, -0.2) is 4.98 Å². The number of hydrogen-bond donors (Lipinski definition) is 1. The van der Waals surface area contributed by atoms with Crippen LogP contribution >= 0.6 is 27.5 Å². The Morgan fingerprint density at radius 3 is 2.84 bits per heavy atom. The molecule has 0 bridgehead atoms. The lowest BCUT2D eigenvalue weighted by Crippen LogP contribution is -2.10. The highest BCUT2D eigenvalue weighted by molar-refractivity contribution is 9.10. The first-order valence-electron chi connectivity index (χ1n) is 7.53. The van der Waals surface area contributed by atoms with Crippen LogP contribution in [-0.2, 0) is 0 Å². The largest absolute Gasteiger partial charge is 0.434 e. The van der Waals surface area contributed by atoms with Crippen molar-refractivity contribution in [2.45, 2.75) is 25.2 Å². The van der Waals surface area contributed by atoms with Gasteiger partial charge in [-0.15, -0.1) is 0 Å². The topological polar surface area (TPSA) is 47.3 Å². The van der Waals surface area contributed by atoms with Crippen LogP contribution in [-0.4, -0.2) is 21.3 Å². The van der Waals surface area contributed by atoms with E-state index < -0.39 is 18.8 Å². The second kappa shape index (κ2) is 6.23. The van der Waals surface area contributed by atoms with Gasteiger partial charge in [-0.3, -0.25) is 0 Å². The summed E-state index contributed by atoms with van der Waals surface area (Å²) in [6.07, 6.45) is -0.486. The van der Waals surface area contributed by atoms with Crippen LogP contribution in [0.5, 0.6) is 5.75 Å². The number of ether oxygens (including phenoxy) is 1. The molecule has 2 atom stereocenters. The highest BCUT2D eigenvalue weighted by atomic mass is 79.9. The molecule has 0 aliphatic carbocycles. The third-order valence-electron chi connectivity index (χ3n) is 4.28. The maximum atomic E-state index is 12.8. The molecule has 1 aromatic heterocycles. The number of nitrogens with zero attached hydrogens (tertiary/aromatic N) is 2. The zero-order valence-corrected chi connectivity index (χ0v) is 15.0. The third kappa shape index (κ3) is 2.90. The van der Waals surface area contributed by atoms with Crippen molar-refractivity contribution in [3.05, 3.63) is 57.3 Å². The maximum absolute atomic E-state index is 12.8. The zero-order valence-electron chi connectivity index (χ0n) is 12.7. The van der Waals surface area contributed by atoms with E-state index in [9.17, 15) is 13.9 Å². The van der Waals surface area contributed by atoms with Crippen molar-refractivity contribution in [1.29, 1.82) is 0 Å². The molecule has 4 rings (SSSR count). The van der Waals surface area contributed by atoms with Gasteiger partial charge >= 0.3 is 6.61 Å². The van der Waals surface area contributed by atoms with Crippen LogP contribution in [0.3, 0.4) is 0 Å². The molecule has 130 valence electrons. The molecule has 0 radical (unpaired) electrons. The zero-order chi connectivity index (χ0) is 17.7. The van der Waals surface area contributed by atoms with E-state index in [-0.39, 0.29) is 5.75 Å². The van der Waals surface area contributed by atoms with Crippen molar-refractivity contribution in [3.8, 4) is 5.75 Å². The predicted octanol–water partition coefficient (Wildman–Crippen LogP) is 5.08. The fourth-order valence-corrected chi connectivity index (χ4v) is 3.85. The summed E-state index contributed by atoms with van der Waals surface area (Å²) < 4.78 is 32.9. The first kappa shape index (κ1) is 16.8. The van der Waals surface area contributed by atoms with Gasteiger partial charge in [-0.2, -0.15) is 8.78 Å². The number of rotatable bonds is 3. The van der Waals surface area contributed by atoms with Gasteiger partial charge < -0.3 is 14.4 Å². The van der Waals surface area contributed by atoms with Crippen molar-refractivity contribution >= 4 is 38.6 Å². The van der Waals surface area contributed by atoms with Crippen LogP contribution in [0.25, 0.3) is 11.0 Å². The molecule has 3 aromatic rings. The summed E-state index contributed by atoms with van der Waals surface area (Å²) in [5, 5.41) is 10.8. The van der Waals surface area contributed by atoms with E-state index in [0.29, 0.717) is 22.8 Å². The normalized spacial score (nSPS) is 19.6. The SMILES string of the molecule is O[C@H]1C[C@H](c2cc(Cl)ccc2OC(F)F)n2c1nc1ccc(Br)cc12. The minimum atomic E-state index is -2.95. The van der Waals surface area contributed by atoms with E-state index in [4.69, 9.17) is 11.6 Å². The molecular weight excluding hydrogens is 418 g/mol. The number of alkyl halides is 2. The number of hydrogen-bond acceptors (Lipinski definition) is 3. The van der Waals surface area contributed by atoms with E-state index in [1.165, 1.54) is 12.1 Å². The standard InChI is InChI=1S/C17H12BrClF2N2O2/c18-8-1-3-11-13(5-8)23-12(7-14(24)16(23)22-11)10-6-9(19)2-4-15(10)25-17(20)21/h1-6,12,14,17,24H,7H2/t12-,14+/m1/s1. The Morgan fingerprint density at radius 1 is 1.28 bits per heavy atom. The van der Waals surface area contributed by atoms with Crippen molar-refractivity contribution in [2.24, 2.45) is 0 Å². The average molecular weight is 430 g/mol. The number of aliphatic hydroxyl groups is 1. The molecule has 4 nitrogen and oxygen atoms in total. The Balaban J connectivity index is 1.91. The predicted molar refractivity (Wildman–Crippen MR) is 93.2 cm³/mol. The fourth-order valence-electron chi connectivity index (χ4n) is 3.32. The Labute approximate surface area is 155 Å². The number of benzene rings is 2. The van der Waals surface area contributed by atoms with Crippen LogP contribution in [0, 0.1) is 0 Å². The number of fused-ring (bicyclic) bond motifs is 3. The number of aliphatic hydroxyl groups excluding tert-OH is 1.